The lowest BCUT2D eigenvalue weighted by Crippen LogP contribution is -2.21. The normalized spacial score (nSPS) is 12.1. The average molecular weight is 367 g/mol. The van der Waals surface area contributed by atoms with Crippen LogP contribution in [-0.4, -0.2) is 26.7 Å². The summed E-state index contributed by atoms with van der Waals surface area (Å²) >= 11 is 0. The van der Waals surface area contributed by atoms with E-state index in [2.05, 4.69) is 6.07 Å². The third-order valence-electron chi connectivity index (χ3n) is 4.53. The Morgan fingerprint density at radius 2 is 1.88 bits per heavy atom. The van der Waals surface area contributed by atoms with Crippen molar-refractivity contribution in [1.82, 2.24) is 4.57 Å². The van der Waals surface area contributed by atoms with Crippen LogP contribution in [0.4, 0.5) is 5.69 Å². The molecule has 1 aromatic heterocycles. The molecule has 1 heterocycles. The summed E-state index contributed by atoms with van der Waals surface area (Å²) in [5, 5.41) is 20.4. The second kappa shape index (κ2) is 7.22. The number of hydrogen-bond acceptors (Lipinski definition) is 3. The van der Waals surface area contributed by atoms with E-state index < -0.39 is 11.0 Å². The molecule has 5 nitrogen and oxygen atoms in total. The minimum Gasteiger partial charge on any atom is -0.508 e. The van der Waals surface area contributed by atoms with Crippen LogP contribution in [0.3, 0.4) is 0 Å². The molecule has 0 amide bonds. The summed E-state index contributed by atoms with van der Waals surface area (Å²) in [7, 11) is 0.754. The van der Waals surface area contributed by atoms with Crippen LogP contribution in [0.1, 0.15) is 19.4 Å². The maximum Gasteiger partial charge on any atom is 0.119 e. The van der Waals surface area contributed by atoms with E-state index in [-0.39, 0.29) is 5.75 Å². The second-order valence-corrected chi connectivity index (χ2v) is 7.70. The third-order valence-corrected chi connectivity index (χ3v) is 5.85. The van der Waals surface area contributed by atoms with Gasteiger partial charge in [-0.25, -0.2) is 4.21 Å². The van der Waals surface area contributed by atoms with Crippen molar-refractivity contribution in [3.8, 4) is 23.1 Å². The van der Waals surface area contributed by atoms with E-state index in [4.69, 9.17) is 0 Å². The zero-order valence-corrected chi connectivity index (χ0v) is 15.9. The van der Waals surface area contributed by atoms with E-state index in [1.54, 1.807) is 29.6 Å². The van der Waals surface area contributed by atoms with Gasteiger partial charge in [0.25, 0.3) is 0 Å². The van der Waals surface area contributed by atoms with E-state index in [0.717, 1.165) is 27.8 Å². The lowest BCUT2D eigenvalue weighted by Gasteiger charge is -2.17. The molecule has 3 rings (SSSR count). The molecule has 0 bridgehead atoms. The maximum absolute atomic E-state index is 12.0. The van der Waals surface area contributed by atoms with Crippen molar-refractivity contribution < 1.29 is 9.32 Å². The van der Waals surface area contributed by atoms with Gasteiger partial charge < -0.3 is 9.67 Å². The second-order valence-electron chi connectivity index (χ2n) is 5.94. The van der Waals surface area contributed by atoms with Crippen molar-refractivity contribution in [3.63, 3.8) is 0 Å². The lowest BCUT2D eigenvalue weighted by molar-refractivity contribution is 0.476. The monoisotopic (exact) mass is 367 g/mol. The molecule has 0 aliphatic carbocycles. The number of fused-ring (bicyclic) bond motifs is 1. The van der Waals surface area contributed by atoms with Crippen LogP contribution in [0.2, 0.25) is 0 Å². The number of phenols is 1. The summed E-state index contributed by atoms with van der Waals surface area (Å²) in [6.07, 6.45) is 0. The average Bonchev–Trinajstić information content (AvgIpc) is 2.99. The topological polar surface area (TPSA) is 69.3 Å². The number of nitrogens with zero attached hydrogens (tertiary/aromatic N) is 3. The van der Waals surface area contributed by atoms with Gasteiger partial charge in [-0.3, -0.25) is 4.31 Å². The summed E-state index contributed by atoms with van der Waals surface area (Å²) < 4.78 is 15.8. The van der Waals surface area contributed by atoms with Gasteiger partial charge in [0.2, 0.25) is 0 Å². The highest BCUT2D eigenvalue weighted by Crippen LogP contribution is 2.35. The maximum atomic E-state index is 12.0. The van der Waals surface area contributed by atoms with Crippen molar-refractivity contribution in [2.24, 2.45) is 0 Å². The van der Waals surface area contributed by atoms with Crippen LogP contribution < -0.4 is 4.31 Å². The molecular formula is C20H21N3O2S. The molecule has 0 radical (unpaired) electrons. The minimum atomic E-state index is -1.05. The van der Waals surface area contributed by atoms with Gasteiger partial charge in [0.15, 0.2) is 0 Å². The van der Waals surface area contributed by atoms with Crippen LogP contribution >= 0.6 is 0 Å². The molecular weight excluding hydrogens is 346 g/mol. The Bertz CT molecular complexity index is 1020. The molecule has 2 aromatic carbocycles. The summed E-state index contributed by atoms with van der Waals surface area (Å²) in [4.78, 5) is 0. The highest BCUT2D eigenvalue weighted by molar-refractivity contribution is 7.86. The van der Waals surface area contributed by atoms with E-state index in [0.29, 0.717) is 17.9 Å². The first-order valence-electron chi connectivity index (χ1n) is 8.49. The molecule has 0 saturated carbocycles. The number of aromatic hydroxyl groups is 1. The van der Waals surface area contributed by atoms with Gasteiger partial charge in [0.05, 0.1) is 16.8 Å². The lowest BCUT2D eigenvalue weighted by atomic mass is 10.1. The predicted molar refractivity (Wildman–Crippen MR) is 107 cm³/mol. The van der Waals surface area contributed by atoms with E-state index in [9.17, 15) is 14.6 Å². The van der Waals surface area contributed by atoms with Crippen LogP contribution in [-0.2, 0) is 17.5 Å². The SMILES string of the molecule is CCn1c(-c2ccc(N(C)S(=O)CC)cc2)c(C#N)c2ccc(O)cc21. The van der Waals surface area contributed by atoms with Crippen molar-refractivity contribution in [3.05, 3.63) is 48.0 Å². The minimum absolute atomic E-state index is 0.180. The van der Waals surface area contributed by atoms with E-state index in [1.807, 2.05) is 42.7 Å². The van der Waals surface area contributed by atoms with Gasteiger partial charge in [-0.2, -0.15) is 5.26 Å². The molecule has 0 saturated heterocycles. The van der Waals surface area contributed by atoms with Crippen LogP contribution in [0.25, 0.3) is 22.2 Å². The molecule has 26 heavy (non-hydrogen) atoms. The summed E-state index contributed by atoms with van der Waals surface area (Å²) in [6, 6.07) is 15.1. The largest absolute Gasteiger partial charge is 0.508 e. The number of hydrogen-bond donors (Lipinski definition) is 1. The zero-order chi connectivity index (χ0) is 18.8. The molecule has 3 aromatic rings. The smallest absolute Gasteiger partial charge is 0.119 e. The highest BCUT2D eigenvalue weighted by Gasteiger charge is 2.18. The van der Waals surface area contributed by atoms with Crippen LogP contribution in [0.15, 0.2) is 42.5 Å². The first-order chi connectivity index (χ1) is 12.5. The third kappa shape index (κ3) is 2.95. The first kappa shape index (κ1) is 18.0. The summed E-state index contributed by atoms with van der Waals surface area (Å²) in [5.74, 6) is 0.740. The molecule has 1 N–H and O–H groups in total. The molecule has 1 unspecified atom stereocenters. The first-order valence-corrected chi connectivity index (χ1v) is 9.77. The fraction of sp³-hybridized carbons (Fsp3) is 0.250. The number of phenolic OH excluding ortho intramolecular Hbond substituents is 1. The Hall–Kier alpha value is -2.78. The van der Waals surface area contributed by atoms with Crippen molar-refractivity contribution in [1.29, 1.82) is 5.26 Å². The Morgan fingerprint density at radius 3 is 2.46 bits per heavy atom. The fourth-order valence-electron chi connectivity index (χ4n) is 3.22. The van der Waals surface area contributed by atoms with Gasteiger partial charge in [-0.1, -0.05) is 19.1 Å². The molecule has 0 aliphatic rings. The summed E-state index contributed by atoms with van der Waals surface area (Å²) in [6.45, 7) is 4.58. The highest BCUT2D eigenvalue weighted by atomic mass is 32.2. The Kier molecular flexibility index (Phi) is 5.01. The number of anilines is 1. The fourth-order valence-corrected chi connectivity index (χ4v) is 3.96. The molecule has 134 valence electrons. The van der Waals surface area contributed by atoms with Crippen molar-refractivity contribution >= 4 is 27.6 Å². The van der Waals surface area contributed by atoms with Gasteiger partial charge in [-0.05, 0) is 36.8 Å². The number of benzene rings is 2. The van der Waals surface area contributed by atoms with Gasteiger partial charge in [0.1, 0.15) is 22.8 Å². The van der Waals surface area contributed by atoms with E-state index >= 15 is 0 Å². The van der Waals surface area contributed by atoms with Crippen molar-refractivity contribution in [2.75, 3.05) is 17.1 Å². The number of nitriles is 1. The Balaban J connectivity index is 2.16. The standard InChI is InChI=1S/C20H21N3O2S/c1-4-23-19-12-16(24)10-11-17(19)18(13-21)20(23)14-6-8-15(9-7-14)22(3)26(25)5-2/h6-12,24H,4-5H2,1-3H3. The van der Waals surface area contributed by atoms with Gasteiger partial charge in [0, 0.05) is 36.5 Å². The van der Waals surface area contributed by atoms with E-state index in [1.165, 1.54) is 0 Å². The predicted octanol–water partition coefficient (Wildman–Crippen LogP) is 4.03. The van der Waals surface area contributed by atoms with Gasteiger partial charge >= 0.3 is 0 Å². The molecule has 1 atom stereocenters. The Morgan fingerprint density at radius 1 is 1.19 bits per heavy atom. The quantitative estimate of drug-likeness (QED) is 0.740. The van der Waals surface area contributed by atoms with Crippen LogP contribution in [0.5, 0.6) is 5.75 Å². The van der Waals surface area contributed by atoms with Crippen molar-refractivity contribution in [2.45, 2.75) is 20.4 Å². The molecule has 6 heteroatoms. The molecule has 0 fully saturated rings. The zero-order valence-electron chi connectivity index (χ0n) is 15.1. The number of aromatic nitrogens is 1. The van der Waals surface area contributed by atoms with Gasteiger partial charge in [-0.15, -0.1) is 0 Å². The molecule has 0 spiro atoms. The van der Waals surface area contributed by atoms with Crippen LogP contribution in [0, 0.1) is 11.3 Å². The number of aryl methyl sites for hydroxylation is 1. The number of rotatable bonds is 5. The summed E-state index contributed by atoms with van der Waals surface area (Å²) in [5.41, 5.74) is 4.05. The molecule has 0 aliphatic heterocycles. The Labute approximate surface area is 155 Å².